The van der Waals surface area contributed by atoms with Crippen molar-refractivity contribution in [1.29, 1.82) is 0 Å². The van der Waals surface area contributed by atoms with Crippen LogP contribution in [0, 0.1) is 0 Å². The van der Waals surface area contributed by atoms with Crippen molar-refractivity contribution in [2.75, 3.05) is 7.05 Å². The van der Waals surface area contributed by atoms with Gasteiger partial charge in [0.1, 0.15) is 6.17 Å². The van der Waals surface area contributed by atoms with Crippen molar-refractivity contribution in [3.63, 3.8) is 0 Å². The Morgan fingerprint density at radius 1 is 1.58 bits per heavy atom. The number of hydrogen-bond donors (Lipinski definition) is 2. The summed E-state index contributed by atoms with van der Waals surface area (Å²) < 4.78 is 0. The zero-order chi connectivity index (χ0) is 8.72. The van der Waals surface area contributed by atoms with Crippen molar-refractivity contribution < 1.29 is 4.79 Å². The van der Waals surface area contributed by atoms with Crippen LogP contribution in [-0.2, 0) is 0 Å². The van der Waals surface area contributed by atoms with Crippen LogP contribution < -0.4 is 10.6 Å². The number of nitrogens with zero attached hydrogens (tertiary/aromatic N) is 1. The van der Waals surface area contributed by atoms with Gasteiger partial charge in [-0.15, -0.1) is 11.6 Å². The number of fused-ring (bicyclic) bond motifs is 1. The van der Waals surface area contributed by atoms with Gasteiger partial charge in [0, 0.05) is 7.05 Å². The van der Waals surface area contributed by atoms with Gasteiger partial charge < -0.3 is 10.2 Å². The summed E-state index contributed by atoms with van der Waals surface area (Å²) in [4.78, 5) is 12.9. The van der Waals surface area contributed by atoms with Crippen molar-refractivity contribution in [2.24, 2.45) is 0 Å². The van der Waals surface area contributed by atoms with E-state index in [1.54, 1.807) is 4.90 Å². The van der Waals surface area contributed by atoms with Crippen molar-refractivity contribution in [3.05, 3.63) is 0 Å². The Kier molecular flexibility index (Phi) is 1.88. The van der Waals surface area contributed by atoms with Gasteiger partial charge in [-0.1, -0.05) is 0 Å². The second kappa shape index (κ2) is 2.78. The summed E-state index contributed by atoms with van der Waals surface area (Å²) in [5.41, 5.74) is -0.00181. The lowest BCUT2D eigenvalue weighted by molar-refractivity contribution is 0.204. The van der Waals surface area contributed by atoms with Crippen LogP contribution in [0.3, 0.4) is 0 Å². The molecule has 0 radical (unpaired) electrons. The minimum Gasteiger partial charge on any atom is -0.321 e. The molecule has 0 aromatic heterocycles. The molecule has 3 atom stereocenters. The predicted molar refractivity (Wildman–Crippen MR) is 45.9 cm³/mol. The van der Waals surface area contributed by atoms with Gasteiger partial charge in [-0.2, -0.15) is 0 Å². The van der Waals surface area contributed by atoms with Crippen LogP contribution in [0.25, 0.3) is 0 Å². The predicted octanol–water partition coefficient (Wildman–Crippen LogP) is 0.284. The molecule has 2 aliphatic heterocycles. The number of likely N-dealkylation sites (N-methyl/N-ethyl adjacent to an activating group) is 1. The van der Waals surface area contributed by atoms with Crippen molar-refractivity contribution in [3.8, 4) is 0 Å². The normalized spacial score (nSPS) is 41.0. The first kappa shape index (κ1) is 8.13. The van der Waals surface area contributed by atoms with Gasteiger partial charge in [-0.3, -0.25) is 5.32 Å². The molecule has 3 unspecified atom stereocenters. The second-order valence-corrected chi connectivity index (χ2v) is 3.84. The fraction of sp³-hybridized carbons (Fsp3) is 0.857. The molecule has 0 saturated carbocycles. The second-order valence-electron chi connectivity index (χ2n) is 3.32. The van der Waals surface area contributed by atoms with E-state index in [0.29, 0.717) is 0 Å². The van der Waals surface area contributed by atoms with Gasteiger partial charge in [0.2, 0.25) is 0 Å². The molecule has 2 N–H and O–H groups in total. The van der Waals surface area contributed by atoms with Crippen molar-refractivity contribution >= 4 is 17.6 Å². The monoisotopic (exact) mass is 189 g/mol. The topological polar surface area (TPSA) is 44.4 Å². The van der Waals surface area contributed by atoms with Gasteiger partial charge in [0.05, 0.1) is 11.5 Å². The first-order chi connectivity index (χ1) is 5.68. The Bertz CT molecular complexity index is 211. The van der Waals surface area contributed by atoms with E-state index in [1.807, 2.05) is 7.05 Å². The molecule has 0 aliphatic carbocycles. The van der Waals surface area contributed by atoms with E-state index in [2.05, 4.69) is 10.6 Å². The summed E-state index contributed by atoms with van der Waals surface area (Å²) in [7, 11) is 1.82. The molecular weight excluding hydrogens is 178 g/mol. The maximum Gasteiger partial charge on any atom is 0.318 e. The third kappa shape index (κ3) is 1.15. The van der Waals surface area contributed by atoms with Gasteiger partial charge >= 0.3 is 6.03 Å². The molecule has 2 heterocycles. The average Bonchev–Trinajstić information content (AvgIpc) is 2.28. The molecule has 2 fully saturated rings. The van der Waals surface area contributed by atoms with E-state index in [0.717, 1.165) is 12.8 Å². The average molecular weight is 190 g/mol. The number of alkyl halides is 1. The number of urea groups is 1. The minimum absolute atomic E-state index is 0.00181. The number of piperidine rings is 1. The van der Waals surface area contributed by atoms with Gasteiger partial charge in [0.15, 0.2) is 0 Å². The molecule has 5 heteroatoms. The fourth-order valence-corrected chi connectivity index (χ4v) is 2.08. The molecule has 12 heavy (non-hydrogen) atoms. The van der Waals surface area contributed by atoms with Gasteiger partial charge in [-0.05, 0) is 12.8 Å². The number of halogens is 1. The van der Waals surface area contributed by atoms with E-state index < -0.39 is 0 Å². The van der Waals surface area contributed by atoms with Crippen LogP contribution in [0.15, 0.2) is 0 Å². The number of carbonyl (C=O) groups is 1. The van der Waals surface area contributed by atoms with E-state index in [1.165, 1.54) is 0 Å². The molecule has 68 valence electrons. The molecule has 4 nitrogen and oxygen atoms in total. The Balaban J connectivity index is 2.09. The summed E-state index contributed by atoms with van der Waals surface area (Å²) in [5.74, 6) is 0. The Hall–Kier alpha value is -0.480. The van der Waals surface area contributed by atoms with Crippen molar-refractivity contribution in [2.45, 2.75) is 30.6 Å². The Morgan fingerprint density at radius 3 is 3.08 bits per heavy atom. The van der Waals surface area contributed by atoms with Crippen LogP contribution in [0.4, 0.5) is 4.79 Å². The standard InChI is InChI=1S/C7H12ClN3O/c1-11-4-2-3-5(8)9-6(4)10-7(11)12/h4-6,9H,2-3H2,1H3,(H,10,12). The highest BCUT2D eigenvalue weighted by Crippen LogP contribution is 2.22. The molecule has 0 spiro atoms. The summed E-state index contributed by atoms with van der Waals surface area (Å²) in [5, 5.41) is 5.96. The third-order valence-electron chi connectivity index (χ3n) is 2.56. The van der Waals surface area contributed by atoms with Crippen LogP contribution in [0.2, 0.25) is 0 Å². The lowest BCUT2D eigenvalue weighted by Crippen LogP contribution is -2.52. The number of nitrogens with one attached hydrogen (secondary N) is 2. The van der Waals surface area contributed by atoms with E-state index in [4.69, 9.17) is 11.6 Å². The highest BCUT2D eigenvalue weighted by atomic mass is 35.5. The summed E-state index contributed by atoms with van der Waals surface area (Å²) in [6, 6.07) is 0.260. The Labute approximate surface area is 76.2 Å². The van der Waals surface area contributed by atoms with Crippen LogP contribution >= 0.6 is 11.6 Å². The lowest BCUT2D eigenvalue weighted by atomic mass is 10.0. The fourth-order valence-electron chi connectivity index (χ4n) is 1.81. The largest absolute Gasteiger partial charge is 0.321 e. The lowest BCUT2D eigenvalue weighted by Gasteiger charge is -2.31. The molecule has 0 aromatic rings. The van der Waals surface area contributed by atoms with Gasteiger partial charge in [-0.25, -0.2) is 4.79 Å². The van der Waals surface area contributed by atoms with Crippen LogP contribution in [0.1, 0.15) is 12.8 Å². The van der Waals surface area contributed by atoms with E-state index >= 15 is 0 Å². The SMILES string of the molecule is CN1C(=O)NC2NC(Cl)CCC21. The molecule has 2 aliphatic rings. The van der Waals surface area contributed by atoms with E-state index in [-0.39, 0.29) is 23.7 Å². The molecule has 2 saturated heterocycles. The van der Waals surface area contributed by atoms with Crippen molar-refractivity contribution in [1.82, 2.24) is 15.5 Å². The summed E-state index contributed by atoms with van der Waals surface area (Å²) in [6.45, 7) is 0. The quantitative estimate of drug-likeness (QED) is 0.425. The first-order valence-electron chi connectivity index (χ1n) is 4.12. The molecule has 2 amide bonds. The highest BCUT2D eigenvalue weighted by Gasteiger charge is 2.40. The highest BCUT2D eigenvalue weighted by molar-refractivity contribution is 6.20. The molecule has 0 bridgehead atoms. The third-order valence-corrected chi connectivity index (χ3v) is 2.90. The molecule has 0 aromatic carbocycles. The number of amides is 2. The zero-order valence-corrected chi connectivity index (χ0v) is 7.64. The summed E-state index contributed by atoms with van der Waals surface area (Å²) in [6.07, 6.45) is 1.93. The maximum atomic E-state index is 11.2. The number of rotatable bonds is 0. The van der Waals surface area contributed by atoms with Gasteiger partial charge in [0.25, 0.3) is 0 Å². The minimum atomic E-state index is -0.0109. The number of hydrogen-bond acceptors (Lipinski definition) is 2. The maximum absolute atomic E-state index is 11.2. The molecule has 2 rings (SSSR count). The number of carbonyl (C=O) groups excluding carboxylic acids is 1. The van der Waals surface area contributed by atoms with E-state index in [9.17, 15) is 4.79 Å². The molecular formula is C7H12ClN3O. The first-order valence-corrected chi connectivity index (χ1v) is 4.55. The Morgan fingerprint density at radius 2 is 2.33 bits per heavy atom. The van der Waals surface area contributed by atoms with Crippen LogP contribution in [-0.4, -0.2) is 35.7 Å². The van der Waals surface area contributed by atoms with Crippen LogP contribution in [0.5, 0.6) is 0 Å². The summed E-state index contributed by atoms with van der Waals surface area (Å²) >= 11 is 5.90. The zero-order valence-electron chi connectivity index (χ0n) is 6.88. The smallest absolute Gasteiger partial charge is 0.318 e.